The van der Waals surface area contributed by atoms with E-state index in [-0.39, 0.29) is 24.3 Å². The summed E-state index contributed by atoms with van der Waals surface area (Å²) in [5, 5.41) is 15.7. The van der Waals surface area contributed by atoms with Gasteiger partial charge in [-0.3, -0.25) is 9.59 Å². The molecule has 2 N–H and O–H groups in total. The molecule has 0 aliphatic carbocycles. The van der Waals surface area contributed by atoms with Gasteiger partial charge in [-0.05, 0) is 61.2 Å². The monoisotopic (exact) mass is 430 g/mol. The first kappa shape index (κ1) is 22.0. The molecule has 166 valence electrons. The number of likely N-dealkylation sites (tertiary alicyclic amines) is 1. The van der Waals surface area contributed by atoms with E-state index in [1.165, 1.54) is 0 Å². The molecular weight excluding hydrogens is 400 g/mol. The molecule has 0 bridgehead atoms. The zero-order chi connectivity index (χ0) is 22.7. The van der Waals surface area contributed by atoms with Crippen LogP contribution in [0.5, 0.6) is 0 Å². The third-order valence-corrected chi connectivity index (χ3v) is 6.18. The lowest BCUT2D eigenvalue weighted by molar-refractivity contribution is -0.126. The van der Waals surface area contributed by atoms with Crippen molar-refractivity contribution in [2.45, 2.75) is 32.8 Å². The summed E-state index contributed by atoms with van der Waals surface area (Å²) >= 11 is 0. The van der Waals surface area contributed by atoms with E-state index >= 15 is 0 Å². The first-order valence-corrected chi connectivity index (χ1v) is 11.2. The van der Waals surface area contributed by atoms with E-state index in [1.54, 1.807) is 4.90 Å². The average molecular weight is 431 g/mol. The Morgan fingerprint density at radius 2 is 1.75 bits per heavy atom. The molecule has 5 nitrogen and oxygen atoms in total. The summed E-state index contributed by atoms with van der Waals surface area (Å²) in [5.41, 5.74) is 3.57. The van der Waals surface area contributed by atoms with Crippen LogP contribution in [0.1, 0.15) is 46.0 Å². The maximum Gasteiger partial charge on any atom is 0.253 e. The third kappa shape index (κ3) is 5.00. The minimum atomic E-state index is -0.778. The van der Waals surface area contributed by atoms with Crippen LogP contribution in [-0.4, -0.2) is 41.5 Å². The predicted molar refractivity (Wildman–Crippen MR) is 126 cm³/mol. The number of carbonyl (C=O) groups is 2. The quantitative estimate of drug-likeness (QED) is 0.639. The van der Waals surface area contributed by atoms with Gasteiger partial charge in [-0.15, -0.1) is 0 Å². The lowest BCUT2D eigenvalue weighted by atomic mass is 9.95. The number of nitrogens with one attached hydrogen (secondary N) is 1. The number of aliphatic hydroxyl groups excluding tert-OH is 1. The highest BCUT2D eigenvalue weighted by Crippen LogP contribution is 2.22. The summed E-state index contributed by atoms with van der Waals surface area (Å²) in [6.07, 6.45) is 0.760. The summed E-state index contributed by atoms with van der Waals surface area (Å²) in [7, 11) is 0. The van der Waals surface area contributed by atoms with Crippen LogP contribution < -0.4 is 5.32 Å². The van der Waals surface area contributed by atoms with Crippen molar-refractivity contribution in [2.24, 2.45) is 5.92 Å². The molecule has 5 heteroatoms. The number of rotatable bonds is 5. The zero-order valence-corrected chi connectivity index (χ0v) is 18.7. The fourth-order valence-electron chi connectivity index (χ4n) is 4.53. The molecule has 1 aliphatic rings. The molecule has 0 spiro atoms. The number of fused-ring (bicyclic) bond motifs is 1. The van der Waals surface area contributed by atoms with Gasteiger partial charge in [0.15, 0.2) is 0 Å². The Morgan fingerprint density at radius 1 is 1.03 bits per heavy atom. The van der Waals surface area contributed by atoms with Crippen LogP contribution in [-0.2, 0) is 4.79 Å². The fraction of sp³-hybridized carbons (Fsp3) is 0.333. The van der Waals surface area contributed by atoms with E-state index < -0.39 is 6.10 Å². The largest absolute Gasteiger partial charge is 0.387 e. The highest BCUT2D eigenvalue weighted by Gasteiger charge is 2.29. The molecule has 2 unspecified atom stereocenters. The van der Waals surface area contributed by atoms with Crippen LogP contribution in [0.25, 0.3) is 10.8 Å². The van der Waals surface area contributed by atoms with Gasteiger partial charge < -0.3 is 15.3 Å². The normalized spacial score (nSPS) is 17.2. The van der Waals surface area contributed by atoms with Gasteiger partial charge in [-0.1, -0.05) is 53.6 Å². The van der Waals surface area contributed by atoms with Gasteiger partial charge in [0.05, 0.1) is 12.0 Å². The van der Waals surface area contributed by atoms with Crippen molar-refractivity contribution in [2.75, 3.05) is 19.6 Å². The van der Waals surface area contributed by atoms with Gasteiger partial charge in [0.1, 0.15) is 0 Å². The van der Waals surface area contributed by atoms with E-state index in [4.69, 9.17) is 0 Å². The van der Waals surface area contributed by atoms with Gasteiger partial charge in [0.25, 0.3) is 5.91 Å². The van der Waals surface area contributed by atoms with E-state index in [1.807, 2.05) is 74.5 Å². The van der Waals surface area contributed by atoms with Gasteiger partial charge in [-0.2, -0.15) is 0 Å². The molecule has 1 aliphatic heterocycles. The van der Waals surface area contributed by atoms with E-state index in [2.05, 4.69) is 5.32 Å². The maximum absolute atomic E-state index is 13.0. The summed E-state index contributed by atoms with van der Waals surface area (Å²) in [6.45, 7) is 5.19. The first-order chi connectivity index (χ1) is 15.4. The van der Waals surface area contributed by atoms with Gasteiger partial charge in [0.2, 0.25) is 5.91 Å². The summed E-state index contributed by atoms with van der Waals surface area (Å²) < 4.78 is 0. The minimum Gasteiger partial charge on any atom is -0.387 e. The molecule has 2 amide bonds. The number of hydrogen-bond donors (Lipinski definition) is 2. The van der Waals surface area contributed by atoms with Crippen LogP contribution in [0.2, 0.25) is 0 Å². The third-order valence-electron chi connectivity index (χ3n) is 6.18. The Hall–Kier alpha value is -3.18. The minimum absolute atomic E-state index is 0.0227. The molecule has 3 aromatic carbocycles. The number of aryl methyl sites for hydroxylation is 2. The number of benzene rings is 3. The van der Waals surface area contributed by atoms with E-state index in [0.717, 1.165) is 40.3 Å². The average Bonchev–Trinajstić information content (AvgIpc) is 2.81. The second kappa shape index (κ2) is 9.53. The molecule has 1 saturated heterocycles. The smallest absolute Gasteiger partial charge is 0.253 e. The molecule has 1 fully saturated rings. The highest BCUT2D eigenvalue weighted by molar-refractivity contribution is 5.95. The maximum atomic E-state index is 13.0. The molecule has 32 heavy (non-hydrogen) atoms. The highest BCUT2D eigenvalue weighted by atomic mass is 16.3. The fourth-order valence-corrected chi connectivity index (χ4v) is 4.53. The number of hydrogen-bond acceptors (Lipinski definition) is 3. The Labute approximate surface area is 189 Å². The van der Waals surface area contributed by atoms with Gasteiger partial charge >= 0.3 is 0 Å². The standard InChI is InChI=1S/C27H30N2O3/c1-18-12-19(2)14-24(13-18)27(32)29-11-5-8-23(17-29)26(31)28-16-25(30)22-10-9-20-6-3-4-7-21(20)15-22/h3-4,6-7,9-10,12-15,23,25,30H,5,8,11,16-17H2,1-2H3,(H,28,31). The van der Waals surface area contributed by atoms with Gasteiger partial charge in [-0.25, -0.2) is 0 Å². The molecule has 0 aromatic heterocycles. The van der Waals surface area contributed by atoms with Crippen molar-refractivity contribution >= 4 is 22.6 Å². The SMILES string of the molecule is Cc1cc(C)cc(C(=O)N2CCCC(C(=O)NCC(O)c3ccc4ccccc4c3)C2)c1. The molecule has 1 heterocycles. The van der Waals surface area contributed by atoms with Crippen molar-refractivity contribution in [3.63, 3.8) is 0 Å². The first-order valence-electron chi connectivity index (χ1n) is 11.2. The summed E-state index contributed by atoms with van der Waals surface area (Å²) in [5.74, 6) is -0.393. The Balaban J connectivity index is 1.36. The number of amides is 2. The Bertz CT molecular complexity index is 1120. The van der Waals surface area contributed by atoms with E-state index in [9.17, 15) is 14.7 Å². The second-order valence-electron chi connectivity index (χ2n) is 8.83. The Morgan fingerprint density at radius 3 is 2.50 bits per heavy atom. The molecular formula is C27H30N2O3. The lowest BCUT2D eigenvalue weighted by Crippen LogP contribution is -2.46. The lowest BCUT2D eigenvalue weighted by Gasteiger charge is -2.32. The van der Waals surface area contributed by atoms with Crippen molar-refractivity contribution in [1.82, 2.24) is 10.2 Å². The molecule has 2 atom stereocenters. The van der Waals surface area contributed by atoms with Crippen LogP contribution in [0.3, 0.4) is 0 Å². The molecule has 0 radical (unpaired) electrons. The van der Waals surface area contributed by atoms with Crippen molar-refractivity contribution in [3.05, 3.63) is 82.9 Å². The van der Waals surface area contributed by atoms with E-state index in [0.29, 0.717) is 18.7 Å². The van der Waals surface area contributed by atoms with Crippen molar-refractivity contribution in [3.8, 4) is 0 Å². The molecule has 0 saturated carbocycles. The second-order valence-corrected chi connectivity index (χ2v) is 8.83. The molecule has 3 aromatic rings. The van der Waals surface area contributed by atoms with Gasteiger partial charge in [0, 0.05) is 25.2 Å². The van der Waals surface area contributed by atoms with Crippen LogP contribution in [0.4, 0.5) is 0 Å². The summed E-state index contributed by atoms with van der Waals surface area (Å²) in [4.78, 5) is 27.6. The predicted octanol–water partition coefficient (Wildman–Crippen LogP) is 4.16. The topological polar surface area (TPSA) is 69.6 Å². The van der Waals surface area contributed by atoms with Crippen LogP contribution >= 0.6 is 0 Å². The number of piperidine rings is 1. The Kier molecular flexibility index (Phi) is 6.56. The number of carbonyl (C=O) groups excluding carboxylic acids is 2. The molecule has 4 rings (SSSR count). The van der Waals surface area contributed by atoms with Crippen LogP contribution in [0, 0.1) is 19.8 Å². The number of aliphatic hydroxyl groups is 1. The van der Waals surface area contributed by atoms with Crippen LogP contribution in [0.15, 0.2) is 60.7 Å². The zero-order valence-electron chi connectivity index (χ0n) is 18.7. The van der Waals surface area contributed by atoms with Crippen molar-refractivity contribution < 1.29 is 14.7 Å². The van der Waals surface area contributed by atoms with Crippen molar-refractivity contribution in [1.29, 1.82) is 0 Å². The summed E-state index contributed by atoms with van der Waals surface area (Å²) in [6, 6.07) is 19.7. The number of nitrogens with zero attached hydrogens (tertiary/aromatic N) is 1.